The first kappa shape index (κ1) is 14.6. The second kappa shape index (κ2) is 5.15. The van der Waals surface area contributed by atoms with Gasteiger partial charge in [0, 0.05) is 24.5 Å². The normalized spacial score (nSPS) is 25.7. The van der Waals surface area contributed by atoms with Crippen molar-refractivity contribution in [2.45, 2.75) is 44.5 Å². The van der Waals surface area contributed by atoms with Gasteiger partial charge in [-0.3, -0.25) is 4.79 Å². The first-order chi connectivity index (χ1) is 10.4. The molecule has 5 heteroatoms. The van der Waals surface area contributed by atoms with Crippen LogP contribution in [0.25, 0.3) is 0 Å². The van der Waals surface area contributed by atoms with Crippen molar-refractivity contribution in [1.29, 1.82) is 5.26 Å². The van der Waals surface area contributed by atoms with E-state index in [1.54, 1.807) is 32.0 Å². The van der Waals surface area contributed by atoms with Gasteiger partial charge in [0.2, 0.25) is 0 Å². The van der Waals surface area contributed by atoms with Gasteiger partial charge in [-0.2, -0.15) is 5.26 Å². The van der Waals surface area contributed by atoms with Crippen molar-refractivity contribution in [1.82, 2.24) is 0 Å². The number of benzene rings is 1. The van der Waals surface area contributed by atoms with E-state index in [0.717, 1.165) is 0 Å². The van der Waals surface area contributed by atoms with Gasteiger partial charge in [-0.05, 0) is 32.0 Å². The van der Waals surface area contributed by atoms with Crippen molar-refractivity contribution < 1.29 is 19.4 Å². The van der Waals surface area contributed by atoms with Gasteiger partial charge < -0.3 is 14.6 Å². The molecule has 0 saturated heterocycles. The Kier molecular flexibility index (Phi) is 3.42. The molecule has 22 heavy (non-hydrogen) atoms. The number of aliphatic hydroxyl groups is 1. The number of rotatable bonds is 2. The van der Waals surface area contributed by atoms with Crippen molar-refractivity contribution in [3.05, 3.63) is 41.2 Å². The number of allylic oxidation sites excluding steroid dienone is 2. The fraction of sp³-hybridized carbons (Fsp3) is 0.412. The Bertz CT molecular complexity index is 699. The highest BCUT2D eigenvalue weighted by Gasteiger charge is 2.44. The number of carbonyl (C=O) groups is 1. The average molecular weight is 299 g/mol. The van der Waals surface area contributed by atoms with Crippen LogP contribution >= 0.6 is 0 Å². The Labute approximate surface area is 128 Å². The van der Waals surface area contributed by atoms with Crippen LogP contribution in [0.2, 0.25) is 0 Å². The molecule has 5 nitrogen and oxygen atoms in total. The van der Waals surface area contributed by atoms with Crippen LogP contribution in [0, 0.1) is 11.3 Å². The van der Waals surface area contributed by atoms with Crippen LogP contribution in [-0.2, 0) is 9.53 Å². The number of ether oxygens (including phenoxy) is 2. The van der Waals surface area contributed by atoms with E-state index in [9.17, 15) is 9.90 Å². The lowest BCUT2D eigenvalue weighted by atomic mass is 9.87. The van der Waals surface area contributed by atoms with Crippen LogP contribution in [0.15, 0.2) is 30.0 Å². The highest BCUT2D eigenvalue weighted by molar-refractivity contribution is 5.92. The van der Waals surface area contributed by atoms with Crippen molar-refractivity contribution in [2.75, 3.05) is 0 Å². The standard InChI is InChI=1S/C17H17NO4/c1-17(2)16(20)15(21-12-5-4-11(19)8-12)13-7-10(9-18)3-6-14(13)22-17/h3,6-8,15-16,20H,4-5H2,1-2H3/t15-,16+/m1/s1. The van der Waals surface area contributed by atoms with Gasteiger partial charge in [0.1, 0.15) is 23.2 Å². The third-order valence-corrected chi connectivity index (χ3v) is 4.04. The molecule has 1 aliphatic heterocycles. The molecule has 0 saturated carbocycles. The first-order valence-corrected chi connectivity index (χ1v) is 7.22. The number of fused-ring (bicyclic) bond motifs is 1. The summed E-state index contributed by atoms with van der Waals surface area (Å²) >= 11 is 0. The molecular formula is C17H17NO4. The SMILES string of the molecule is CC1(C)Oc2ccc(C#N)cc2[C@@H](OC2=CC(=O)CC2)[C@@H]1O. The van der Waals surface area contributed by atoms with Gasteiger partial charge in [0.05, 0.1) is 11.6 Å². The van der Waals surface area contributed by atoms with E-state index in [4.69, 9.17) is 14.7 Å². The molecule has 0 spiro atoms. The largest absolute Gasteiger partial charge is 0.487 e. The van der Waals surface area contributed by atoms with E-state index in [1.807, 2.05) is 0 Å². The van der Waals surface area contributed by atoms with Gasteiger partial charge in [0.25, 0.3) is 0 Å². The average Bonchev–Trinajstić information content (AvgIpc) is 2.88. The van der Waals surface area contributed by atoms with Crippen molar-refractivity contribution >= 4 is 5.78 Å². The van der Waals surface area contributed by atoms with E-state index in [2.05, 4.69) is 6.07 Å². The topological polar surface area (TPSA) is 79.5 Å². The Morgan fingerprint density at radius 1 is 1.41 bits per heavy atom. The Hall–Kier alpha value is -2.32. The zero-order chi connectivity index (χ0) is 15.9. The molecule has 1 N–H and O–H groups in total. The lowest BCUT2D eigenvalue weighted by molar-refractivity contribution is -0.120. The first-order valence-electron chi connectivity index (χ1n) is 7.22. The van der Waals surface area contributed by atoms with Crippen LogP contribution in [0.5, 0.6) is 5.75 Å². The Morgan fingerprint density at radius 3 is 2.82 bits per heavy atom. The highest BCUT2D eigenvalue weighted by Crippen LogP contribution is 2.43. The van der Waals surface area contributed by atoms with Gasteiger partial charge in [0.15, 0.2) is 11.9 Å². The van der Waals surface area contributed by atoms with E-state index >= 15 is 0 Å². The van der Waals surface area contributed by atoms with E-state index in [-0.39, 0.29) is 5.78 Å². The van der Waals surface area contributed by atoms with Crippen LogP contribution < -0.4 is 4.74 Å². The molecule has 1 aliphatic carbocycles. The lowest BCUT2D eigenvalue weighted by Crippen LogP contribution is -2.49. The summed E-state index contributed by atoms with van der Waals surface area (Å²) in [6.07, 6.45) is 0.873. The molecular weight excluding hydrogens is 282 g/mol. The maximum Gasteiger partial charge on any atom is 0.159 e. The quantitative estimate of drug-likeness (QED) is 0.907. The zero-order valence-electron chi connectivity index (χ0n) is 12.5. The summed E-state index contributed by atoms with van der Waals surface area (Å²) in [5.74, 6) is 1.19. The zero-order valence-corrected chi connectivity index (χ0v) is 12.5. The van der Waals surface area contributed by atoms with E-state index < -0.39 is 17.8 Å². The number of ketones is 1. The molecule has 0 aromatic heterocycles. The minimum absolute atomic E-state index is 0.0295. The highest BCUT2D eigenvalue weighted by atomic mass is 16.5. The molecule has 1 heterocycles. The predicted octanol–water partition coefficient (Wildman–Crippen LogP) is 2.39. The summed E-state index contributed by atoms with van der Waals surface area (Å²) in [7, 11) is 0. The Balaban J connectivity index is 2.01. The fourth-order valence-electron chi connectivity index (χ4n) is 2.77. The molecule has 0 unspecified atom stereocenters. The summed E-state index contributed by atoms with van der Waals surface area (Å²) < 4.78 is 11.7. The maximum absolute atomic E-state index is 11.4. The van der Waals surface area contributed by atoms with Crippen LogP contribution in [-0.4, -0.2) is 22.6 Å². The number of aliphatic hydroxyl groups excluding tert-OH is 1. The molecule has 114 valence electrons. The third-order valence-electron chi connectivity index (χ3n) is 4.04. The monoisotopic (exact) mass is 299 g/mol. The van der Waals surface area contributed by atoms with Gasteiger partial charge in [-0.25, -0.2) is 0 Å². The van der Waals surface area contributed by atoms with E-state index in [1.165, 1.54) is 6.08 Å². The van der Waals surface area contributed by atoms with Crippen LogP contribution in [0.4, 0.5) is 0 Å². The van der Waals surface area contributed by atoms with Gasteiger partial charge >= 0.3 is 0 Å². The Morgan fingerprint density at radius 2 is 2.18 bits per heavy atom. The minimum atomic E-state index is -0.912. The molecule has 2 atom stereocenters. The maximum atomic E-state index is 11.4. The van der Waals surface area contributed by atoms with Gasteiger partial charge in [-0.15, -0.1) is 0 Å². The minimum Gasteiger partial charge on any atom is -0.487 e. The van der Waals surface area contributed by atoms with Crippen LogP contribution in [0.1, 0.15) is 43.9 Å². The molecule has 1 aromatic carbocycles. The van der Waals surface area contributed by atoms with Gasteiger partial charge in [-0.1, -0.05) is 0 Å². The molecule has 1 aromatic rings. The number of hydrogen-bond acceptors (Lipinski definition) is 5. The smallest absolute Gasteiger partial charge is 0.159 e. The van der Waals surface area contributed by atoms with Crippen LogP contribution in [0.3, 0.4) is 0 Å². The summed E-state index contributed by atoms with van der Waals surface area (Å²) in [5.41, 5.74) is 0.278. The predicted molar refractivity (Wildman–Crippen MR) is 78.0 cm³/mol. The molecule has 0 fully saturated rings. The van der Waals surface area contributed by atoms with E-state index in [0.29, 0.717) is 35.5 Å². The number of nitrogens with zero attached hydrogens (tertiary/aromatic N) is 1. The molecule has 2 aliphatic rings. The summed E-state index contributed by atoms with van der Waals surface area (Å²) in [6, 6.07) is 7.12. The molecule has 0 radical (unpaired) electrons. The third kappa shape index (κ3) is 2.46. The van der Waals surface area contributed by atoms with Crippen molar-refractivity contribution in [3.63, 3.8) is 0 Å². The summed E-state index contributed by atoms with van der Waals surface area (Å²) in [6.45, 7) is 3.56. The lowest BCUT2D eigenvalue weighted by Gasteiger charge is -2.42. The summed E-state index contributed by atoms with van der Waals surface area (Å²) in [4.78, 5) is 11.4. The van der Waals surface area contributed by atoms with Crippen molar-refractivity contribution in [3.8, 4) is 11.8 Å². The molecule has 3 rings (SSSR count). The number of carbonyl (C=O) groups excluding carboxylic acids is 1. The number of hydrogen-bond donors (Lipinski definition) is 1. The fourth-order valence-corrected chi connectivity index (χ4v) is 2.77. The van der Waals surface area contributed by atoms with Crippen molar-refractivity contribution in [2.24, 2.45) is 0 Å². The second-order valence-corrected chi connectivity index (χ2v) is 6.13. The summed E-state index contributed by atoms with van der Waals surface area (Å²) in [5, 5.41) is 19.7. The number of nitriles is 1. The molecule has 0 amide bonds. The molecule has 0 bridgehead atoms. The second-order valence-electron chi connectivity index (χ2n) is 6.13.